The molecule has 0 saturated carbocycles. The summed E-state index contributed by atoms with van der Waals surface area (Å²) in [5, 5.41) is 0. The Hall–Kier alpha value is 1.91. The fourth-order valence-corrected chi connectivity index (χ4v) is 10.4. The molecule has 0 aromatic heterocycles. The van der Waals surface area contributed by atoms with Gasteiger partial charge in [0.15, 0.2) is 0 Å². The molecule has 2 unspecified atom stereocenters. The third-order valence-corrected chi connectivity index (χ3v) is 11.4. The molecular weight excluding hydrogens is 376 g/mol. The van der Waals surface area contributed by atoms with Crippen molar-refractivity contribution in [2.75, 3.05) is 5.75 Å². The summed E-state index contributed by atoms with van der Waals surface area (Å²) in [5.41, 5.74) is 0. The van der Waals surface area contributed by atoms with Crippen LogP contribution in [0, 0.1) is 0 Å². The van der Waals surface area contributed by atoms with E-state index >= 15 is 0 Å². The van der Waals surface area contributed by atoms with Gasteiger partial charge in [0.2, 0.25) is 0 Å². The first kappa shape index (κ1) is 30.1. The Morgan fingerprint density at radius 2 is 1.16 bits per heavy atom. The molecule has 32 heavy (non-hydrogen) atoms. The van der Waals surface area contributed by atoms with Crippen LogP contribution in [-0.2, 0) is 0 Å². The standard InChI is InChI=1S/C7H36B24S/c1-2-3-32-7(5-21(7)29(23(10)11)31(26(16)17)27(18)19)6-4-20(6)28(22(8)9)30(24(12)13)25(14)15/h6H,2-5,8-19H2,1H3. The lowest BCUT2D eigenvalue weighted by atomic mass is 8.50. The monoisotopic (exact) mass is 416 g/mol. The number of hydrogen-bond acceptors (Lipinski definition) is 1. The van der Waals surface area contributed by atoms with Crippen LogP contribution in [0.15, 0.2) is 0 Å². The molecule has 2 fully saturated rings. The van der Waals surface area contributed by atoms with Crippen molar-refractivity contribution in [1.29, 1.82) is 0 Å². The van der Waals surface area contributed by atoms with E-state index in [9.17, 15) is 0 Å². The van der Waals surface area contributed by atoms with E-state index < -0.39 is 0 Å². The zero-order valence-corrected chi connectivity index (χ0v) is 25.1. The first-order valence-electron chi connectivity index (χ1n) is 14.5. The highest BCUT2D eigenvalue weighted by atomic mass is 32.2. The van der Waals surface area contributed by atoms with E-state index in [0.29, 0.717) is 4.65 Å². The minimum absolute atomic E-state index is 0.600. The second kappa shape index (κ2) is 12.4. The van der Waals surface area contributed by atoms with Gasteiger partial charge in [0, 0.05) is 63.9 Å². The van der Waals surface area contributed by atoms with E-state index in [2.05, 4.69) is 112 Å². The normalized spacial score (nSPS) is 20.7. The SMILES string of the molecule is BB(B)B(B(B)B)B(B(B)B)B1CC1C1(SCCC)CB1B(B(B)B)B(B(B)B)B(B)B. The predicted molar refractivity (Wildman–Crippen MR) is 210 cm³/mol. The Kier molecular flexibility index (Phi) is 11.7. The van der Waals surface area contributed by atoms with E-state index in [0.717, 1.165) is 82.9 Å². The molecule has 2 saturated heterocycles. The molecule has 2 aliphatic rings. The summed E-state index contributed by atoms with van der Waals surface area (Å²) in [6.45, 7) is 4.31. The first-order valence-corrected chi connectivity index (χ1v) is 15.4. The van der Waals surface area contributed by atoms with Crippen molar-refractivity contribution < 1.29 is 0 Å². The van der Waals surface area contributed by atoms with Crippen molar-refractivity contribution in [1.82, 2.24) is 0 Å². The van der Waals surface area contributed by atoms with E-state index in [-0.39, 0.29) is 0 Å². The lowest BCUT2D eigenvalue weighted by Gasteiger charge is -2.34. The largest absolute Gasteiger partial charge is 0.165 e. The molecule has 0 aromatic carbocycles. The van der Waals surface area contributed by atoms with Crippen LogP contribution >= 0.6 is 11.8 Å². The molecule has 2 heterocycles. The molecule has 0 radical (unpaired) electrons. The third kappa shape index (κ3) is 6.61. The van der Waals surface area contributed by atoms with Gasteiger partial charge in [-0.3, -0.25) is 0 Å². The lowest BCUT2D eigenvalue weighted by molar-refractivity contribution is 0.982. The second-order valence-corrected chi connectivity index (χ2v) is 15.4. The van der Waals surface area contributed by atoms with Crippen molar-refractivity contribution in [2.24, 2.45) is 0 Å². The van der Waals surface area contributed by atoms with Crippen molar-refractivity contribution >= 4 is 182 Å². The van der Waals surface area contributed by atoms with Crippen molar-refractivity contribution in [3.05, 3.63) is 0 Å². The molecule has 25 heteroatoms. The highest BCUT2D eigenvalue weighted by Gasteiger charge is 2.71. The topological polar surface area (TPSA) is 0 Å². The van der Waals surface area contributed by atoms with Crippen LogP contribution in [0.4, 0.5) is 0 Å². The fraction of sp³-hybridized carbons (Fsp3) is 1.00. The van der Waals surface area contributed by atoms with E-state index in [1.807, 2.05) is 0 Å². The summed E-state index contributed by atoms with van der Waals surface area (Å²) in [5.74, 6) is 2.35. The summed E-state index contributed by atoms with van der Waals surface area (Å²) in [6.07, 6.45) is 12.7. The average Bonchev–Trinajstić information content (AvgIpc) is 3.55. The Morgan fingerprint density at radius 1 is 0.719 bits per heavy atom. The molecule has 0 aliphatic carbocycles. The van der Waals surface area contributed by atoms with E-state index in [4.69, 9.17) is 0 Å². The Labute approximate surface area is 222 Å². The van der Waals surface area contributed by atoms with Crippen LogP contribution in [-0.4, -0.2) is 180 Å². The second-order valence-electron chi connectivity index (χ2n) is 13.9. The van der Waals surface area contributed by atoms with Crippen molar-refractivity contribution in [3.8, 4) is 0 Å². The molecule has 2 atom stereocenters. The molecular formula is C7H36B24S. The highest BCUT2D eigenvalue weighted by molar-refractivity contribution is 8.12. The van der Waals surface area contributed by atoms with E-state index in [1.54, 1.807) is 0 Å². The van der Waals surface area contributed by atoms with Crippen LogP contribution in [0.2, 0.25) is 18.5 Å². The fourth-order valence-electron chi connectivity index (χ4n) is 8.66. The summed E-state index contributed by atoms with van der Waals surface area (Å²) in [7, 11) is 30.1. The molecule has 0 aromatic rings. The van der Waals surface area contributed by atoms with Gasteiger partial charge in [-0.25, -0.2) is 0 Å². The number of hydrogen-bond donors (Lipinski definition) is 0. The molecule has 0 nitrogen and oxygen atoms in total. The van der Waals surface area contributed by atoms with Gasteiger partial charge in [-0.15, -0.1) is 0 Å². The number of rotatable bonds is 14. The zero-order chi connectivity index (χ0) is 24.5. The minimum Gasteiger partial charge on any atom is -0.165 e. The van der Waals surface area contributed by atoms with Crippen LogP contribution in [0.3, 0.4) is 0 Å². The molecule has 0 N–H and O–H groups in total. The Morgan fingerprint density at radius 3 is 1.53 bits per heavy atom. The summed E-state index contributed by atoms with van der Waals surface area (Å²) < 4.78 is 0.600. The Balaban J connectivity index is 2.33. The Bertz CT molecular complexity index is 567. The first-order chi connectivity index (χ1) is 14.8. The van der Waals surface area contributed by atoms with Gasteiger partial charge >= 0.3 is 0 Å². The smallest absolute Gasteiger partial charge is 0.110 e. The van der Waals surface area contributed by atoms with E-state index in [1.165, 1.54) is 24.8 Å². The molecule has 142 valence electrons. The van der Waals surface area contributed by atoms with Crippen LogP contribution in [0.1, 0.15) is 13.3 Å². The highest BCUT2D eigenvalue weighted by Crippen LogP contribution is 2.66. The van der Waals surface area contributed by atoms with Gasteiger partial charge in [-0.2, -0.15) is 11.8 Å². The summed E-state index contributed by atoms with van der Waals surface area (Å²) in [4.78, 5) is 0. The predicted octanol–water partition coefficient (Wildman–Crippen LogP) is -12.9. The molecule has 0 amide bonds. The minimum atomic E-state index is 0.600. The van der Waals surface area contributed by atoms with Gasteiger partial charge in [0.05, 0.1) is 99.4 Å². The van der Waals surface area contributed by atoms with Crippen molar-refractivity contribution in [2.45, 2.75) is 36.4 Å². The van der Waals surface area contributed by atoms with Gasteiger partial charge < -0.3 is 0 Å². The number of thioether (sulfide) groups is 1. The maximum atomic E-state index is 2.53. The van der Waals surface area contributed by atoms with Gasteiger partial charge in [-0.1, -0.05) is 25.4 Å². The van der Waals surface area contributed by atoms with Crippen LogP contribution < -0.4 is 0 Å². The molecule has 2 aliphatic heterocycles. The molecule has 0 bridgehead atoms. The van der Waals surface area contributed by atoms with Gasteiger partial charge in [0.1, 0.15) is 6.60 Å². The third-order valence-electron chi connectivity index (χ3n) is 9.52. The average molecular weight is 412 g/mol. The van der Waals surface area contributed by atoms with Crippen molar-refractivity contribution in [3.63, 3.8) is 0 Å². The quantitative estimate of drug-likeness (QED) is 0.256. The maximum absolute atomic E-state index is 2.53. The summed E-state index contributed by atoms with van der Waals surface area (Å²) in [6, 6.07) is 0. The zero-order valence-electron chi connectivity index (χ0n) is 24.2. The van der Waals surface area contributed by atoms with Crippen LogP contribution in [0.5, 0.6) is 0 Å². The molecule has 2 rings (SSSR count). The van der Waals surface area contributed by atoms with Crippen LogP contribution in [0.25, 0.3) is 0 Å². The molecule has 0 spiro atoms. The lowest BCUT2D eigenvalue weighted by Crippen LogP contribution is -2.71. The van der Waals surface area contributed by atoms with Gasteiger partial charge in [-0.05, 0) is 16.8 Å². The van der Waals surface area contributed by atoms with Gasteiger partial charge in [0.25, 0.3) is 0 Å². The summed E-state index contributed by atoms with van der Waals surface area (Å²) >= 11 is 2.42. The maximum Gasteiger partial charge on any atom is 0.110 e.